The van der Waals surface area contributed by atoms with Crippen molar-refractivity contribution >= 4 is 11.8 Å². The van der Waals surface area contributed by atoms with Crippen molar-refractivity contribution in [3.05, 3.63) is 60.5 Å². The summed E-state index contributed by atoms with van der Waals surface area (Å²) >= 11 is 1.41. The van der Waals surface area contributed by atoms with Gasteiger partial charge in [0.25, 0.3) is 0 Å². The van der Waals surface area contributed by atoms with Crippen LogP contribution in [-0.2, 0) is 0 Å². The zero-order chi connectivity index (χ0) is 17.9. The van der Waals surface area contributed by atoms with Gasteiger partial charge in [-0.05, 0) is 53.7 Å². The van der Waals surface area contributed by atoms with Crippen LogP contribution in [0.1, 0.15) is 18.1 Å². The molecule has 0 saturated carbocycles. The number of rotatable bonds is 5. The van der Waals surface area contributed by atoms with Crippen molar-refractivity contribution in [3.8, 4) is 22.9 Å². The molecule has 8 nitrogen and oxygen atoms in total. The summed E-state index contributed by atoms with van der Waals surface area (Å²) in [5.41, 5.74) is 1.62. The highest BCUT2D eigenvalue weighted by molar-refractivity contribution is 7.99. The molecule has 0 amide bonds. The Labute approximate surface area is 152 Å². The smallest absolute Gasteiger partial charge is 0.247 e. The van der Waals surface area contributed by atoms with Gasteiger partial charge in [-0.1, -0.05) is 30.0 Å². The molecule has 130 valence electrons. The summed E-state index contributed by atoms with van der Waals surface area (Å²) in [7, 11) is 0. The van der Waals surface area contributed by atoms with Crippen molar-refractivity contribution in [3.63, 3.8) is 0 Å². The quantitative estimate of drug-likeness (QED) is 0.537. The molecule has 0 aliphatic heterocycles. The highest BCUT2D eigenvalue weighted by Gasteiger charge is 2.20. The van der Waals surface area contributed by atoms with Gasteiger partial charge in [0.1, 0.15) is 5.75 Å². The molecule has 0 unspecified atom stereocenters. The van der Waals surface area contributed by atoms with E-state index in [-0.39, 0.29) is 11.0 Å². The van der Waals surface area contributed by atoms with Crippen LogP contribution in [-0.4, -0.2) is 35.5 Å². The first-order valence-corrected chi connectivity index (χ1v) is 8.72. The van der Waals surface area contributed by atoms with Gasteiger partial charge in [0, 0.05) is 5.56 Å². The third-order valence-corrected chi connectivity index (χ3v) is 4.65. The van der Waals surface area contributed by atoms with Crippen LogP contribution in [0.5, 0.6) is 5.75 Å². The maximum atomic E-state index is 9.42. The zero-order valence-corrected chi connectivity index (χ0v) is 14.5. The largest absolute Gasteiger partial charge is 0.508 e. The fraction of sp³-hybridized carbons (Fsp3) is 0.118. The summed E-state index contributed by atoms with van der Waals surface area (Å²) in [6.07, 6.45) is 0. The fourth-order valence-electron chi connectivity index (χ4n) is 2.31. The highest BCUT2D eigenvalue weighted by atomic mass is 32.2. The predicted molar refractivity (Wildman–Crippen MR) is 94.8 cm³/mol. The molecule has 0 fully saturated rings. The van der Waals surface area contributed by atoms with Crippen LogP contribution in [0.3, 0.4) is 0 Å². The summed E-state index contributed by atoms with van der Waals surface area (Å²) in [5, 5.41) is 29.9. The molecular weight excluding hydrogens is 352 g/mol. The monoisotopic (exact) mass is 366 g/mol. The molecule has 4 rings (SSSR count). The third kappa shape index (κ3) is 3.29. The molecule has 0 aliphatic carbocycles. The molecule has 9 heteroatoms. The number of phenols is 1. The van der Waals surface area contributed by atoms with Crippen molar-refractivity contribution in [1.82, 2.24) is 30.4 Å². The molecular formula is C17H14N6O2S. The molecule has 0 spiro atoms. The van der Waals surface area contributed by atoms with E-state index < -0.39 is 0 Å². The van der Waals surface area contributed by atoms with E-state index in [2.05, 4.69) is 25.7 Å². The lowest BCUT2D eigenvalue weighted by Gasteiger charge is -2.07. The summed E-state index contributed by atoms with van der Waals surface area (Å²) in [6.45, 7) is 1.95. The van der Waals surface area contributed by atoms with Gasteiger partial charge in [-0.15, -0.1) is 15.3 Å². The maximum Gasteiger partial charge on any atom is 0.247 e. The van der Waals surface area contributed by atoms with E-state index in [0.29, 0.717) is 16.9 Å². The first-order chi connectivity index (χ1) is 12.7. The number of hydrogen-bond acceptors (Lipinski definition) is 8. The molecule has 4 aromatic rings. The Morgan fingerprint density at radius 1 is 1.00 bits per heavy atom. The molecule has 0 saturated heterocycles. The molecule has 0 aliphatic rings. The van der Waals surface area contributed by atoms with Gasteiger partial charge >= 0.3 is 0 Å². The number of aromatic nitrogens is 6. The van der Waals surface area contributed by atoms with Crippen molar-refractivity contribution < 1.29 is 9.52 Å². The van der Waals surface area contributed by atoms with Gasteiger partial charge in [-0.3, -0.25) is 0 Å². The van der Waals surface area contributed by atoms with Crippen LogP contribution >= 0.6 is 11.8 Å². The predicted octanol–water partition coefficient (Wildman–Crippen LogP) is 3.27. The Morgan fingerprint density at radius 3 is 2.54 bits per heavy atom. The van der Waals surface area contributed by atoms with E-state index in [9.17, 15) is 5.11 Å². The lowest BCUT2D eigenvalue weighted by atomic mass is 10.2. The number of aromatic hydroxyl groups is 1. The minimum Gasteiger partial charge on any atom is -0.508 e. The number of nitrogens with zero attached hydrogens (tertiary/aromatic N) is 6. The summed E-state index contributed by atoms with van der Waals surface area (Å²) < 4.78 is 7.38. The van der Waals surface area contributed by atoms with Gasteiger partial charge in [0.2, 0.25) is 16.9 Å². The average Bonchev–Trinajstić information content (AvgIpc) is 3.33. The number of thioether (sulfide) groups is 1. The van der Waals surface area contributed by atoms with Crippen LogP contribution in [0.2, 0.25) is 0 Å². The lowest BCUT2D eigenvalue weighted by Crippen LogP contribution is -2.00. The minimum atomic E-state index is -0.137. The van der Waals surface area contributed by atoms with E-state index in [1.165, 1.54) is 11.8 Å². The average molecular weight is 366 g/mol. The van der Waals surface area contributed by atoms with E-state index in [1.807, 2.05) is 37.3 Å². The number of hydrogen-bond donors (Lipinski definition) is 1. The number of tetrazole rings is 1. The summed E-state index contributed by atoms with van der Waals surface area (Å²) in [6, 6.07) is 16.2. The first-order valence-electron chi connectivity index (χ1n) is 7.84. The topological polar surface area (TPSA) is 103 Å². The minimum absolute atomic E-state index is 0.137. The maximum absolute atomic E-state index is 9.42. The summed E-state index contributed by atoms with van der Waals surface area (Å²) in [4.78, 5) is 0. The number of benzene rings is 2. The zero-order valence-electron chi connectivity index (χ0n) is 13.7. The van der Waals surface area contributed by atoms with E-state index >= 15 is 0 Å². The first kappa shape index (κ1) is 16.3. The van der Waals surface area contributed by atoms with Crippen LogP contribution in [0, 0.1) is 0 Å². The van der Waals surface area contributed by atoms with E-state index in [1.54, 1.807) is 28.9 Å². The number of phenolic OH excluding ortho intramolecular Hbond substituents is 1. The standard InChI is InChI=1S/C17H14N6O2S/c1-11(15-18-19-16(25-15)12-5-3-2-4-6-12)26-17-20-21-22-23(17)13-7-9-14(24)10-8-13/h2-11,24H,1H3/t11-/m0/s1. The van der Waals surface area contributed by atoms with E-state index in [4.69, 9.17) is 4.42 Å². The molecule has 2 aromatic heterocycles. The second-order valence-corrected chi connectivity index (χ2v) is 6.77. The molecule has 2 heterocycles. The van der Waals surface area contributed by atoms with Gasteiger partial charge in [0.05, 0.1) is 10.9 Å². The van der Waals surface area contributed by atoms with Gasteiger partial charge in [-0.2, -0.15) is 4.68 Å². The van der Waals surface area contributed by atoms with Crippen LogP contribution < -0.4 is 0 Å². The highest BCUT2D eigenvalue weighted by Crippen LogP contribution is 2.34. The Hall–Kier alpha value is -3.20. The SMILES string of the molecule is C[C@H](Sc1nnnn1-c1ccc(O)cc1)c1nnc(-c2ccccc2)o1. The van der Waals surface area contributed by atoms with E-state index in [0.717, 1.165) is 11.3 Å². The normalized spacial score (nSPS) is 12.2. The van der Waals surface area contributed by atoms with Crippen molar-refractivity contribution in [1.29, 1.82) is 0 Å². The van der Waals surface area contributed by atoms with Crippen LogP contribution in [0.25, 0.3) is 17.1 Å². The Balaban J connectivity index is 1.54. The van der Waals surface area contributed by atoms with Crippen molar-refractivity contribution in [2.75, 3.05) is 0 Å². The van der Waals surface area contributed by atoms with Gasteiger partial charge < -0.3 is 9.52 Å². The second-order valence-electron chi connectivity index (χ2n) is 5.46. The van der Waals surface area contributed by atoms with Crippen LogP contribution in [0.15, 0.2) is 64.2 Å². The lowest BCUT2D eigenvalue weighted by molar-refractivity contribution is 0.475. The molecule has 0 radical (unpaired) electrons. The Kier molecular flexibility index (Phi) is 4.36. The second kappa shape index (κ2) is 6.96. The fourth-order valence-corrected chi connectivity index (χ4v) is 3.15. The Morgan fingerprint density at radius 2 is 1.77 bits per heavy atom. The van der Waals surface area contributed by atoms with Gasteiger partial charge in [0.15, 0.2) is 0 Å². The van der Waals surface area contributed by atoms with Gasteiger partial charge in [-0.25, -0.2) is 0 Å². The van der Waals surface area contributed by atoms with Crippen LogP contribution in [0.4, 0.5) is 0 Å². The molecule has 26 heavy (non-hydrogen) atoms. The molecule has 0 bridgehead atoms. The molecule has 1 atom stereocenters. The van der Waals surface area contributed by atoms with Crippen molar-refractivity contribution in [2.24, 2.45) is 0 Å². The van der Waals surface area contributed by atoms with Crippen molar-refractivity contribution in [2.45, 2.75) is 17.3 Å². The molecule has 2 aromatic carbocycles. The molecule has 1 N–H and O–H groups in total. The Bertz CT molecular complexity index is 1000. The third-order valence-electron chi connectivity index (χ3n) is 3.63. The summed E-state index contributed by atoms with van der Waals surface area (Å²) in [5.74, 6) is 1.16.